The van der Waals surface area contributed by atoms with Crippen molar-refractivity contribution in [2.75, 3.05) is 95.3 Å². The van der Waals surface area contributed by atoms with Crippen LogP contribution in [0.3, 0.4) is 0 Å². The molecular weight excluding hydrogens is 1240 g/mol. The Morgan fingerprint density at radius 2 is 1.19 bits per heavy atom. The number of aliphatic hydroxyl groups excluding tert-OH is 1. The van der Waals surface area contributed by atoms with Crippen LogP contribution >= 0.6 is 0 Å². The molecule has 2 bridgehead atoms. The lowest BCUT2D eigenvalue weighted by Gasteiger charge is -2.45. The molecule has 14 atom stereocenters. The molecule has 0 saturated carbocycles. The Labute approximate surface area is 570 Å². The van der Waals surface area contributed by atoms with Crippen molar-refractivity contribution in [3.63, 3.8) is 0 Å². The molecule has 28 nitrogen and oxygen atoms in total. The number of rotatable bonds is 18. The molecule has 0 aromatic heterocycles. The summed E-state index contributed by atoms with van der Waals surface area (Å²) >= 11 is 0. The number of allylic oxidation sites excluding steroid dienone is 2. The molecule has 1 unspecified atom stereocenters. The van der Waals surface area contributed by atoms with E-state index < -0.39 is 168 Å². The number of aliphatic hydroxyl groups is 1. The molecule has 0 spiro atoms. The number of amides is 13. The van der Waals surface area contributed by atoms with Crippen molar-refractivity contribution in [1.82, 2.24) is 65.4 Å². The van der Waals surface area contributed by atoms with Crippen molar-refractivity contribution >= 4 is 71.0 Å². The summed E-state index contributed by atoms with van der Waals surface area (Å²) in [6.07, 6.45) is 2.10. The maximum absolute atomic E-state index is 15.6. The van der Waals surface area contributed by atoms with E-state index in [0.29, 0.717) is 45.7 Å². The van der Waals surface area contributed by atoms with Gasteiger partial charge in [0.05, 0.1) is 32.0 Å². The van der Waals surface area contributed by atoms with Gasteiger partial charge in [0.2, 0.25) is 65.0 Å². The first kappa shape index (κ1) is 83.3. The monoisotopic (exact) mass is 1360 g/mol. The van der Waals surface area contributed by atoms with Gasteiger partial charge in [-0.3, -0.25) is 52.7 Å². The van der Waals surface area contributed by atoms with Crippen molar-refractivity contribution in [2.24, 2.45) is 29.6 Å². The Balaban J connectivity index is 2.36. The first-order valence-electron chi connectivity index (χ1n) is 34.4. The van der Waals surface area contributed by atoms with Gasteiger partial charge in [0.25, 0.3) is 0 Å². The van der Waals surface area contributed by atoms with Crippen LogP contribution < -0.4 is 21.3 Å². The van der Waals surface area contributed by atoms with Crippen LogP contribution in [0.5, 0.6) is 0 Å². The predicted octanol–water partition coefficient (Wildman–Crippen LogP) is 1.91. The fraction of sp³-hybridized carbons (Fsp3) is 0.794. The molecule has 3 aliphatic heterocycles. The van der Waals surface area contributed by atoms with E-state index in [1.807, 2.05) is 27.7 Å². The summed E-state index contributed by atoms with van der Waals surface area (Å²) in [5.74, 6) is -10.3. The third-order valence-electron chi connectivity index (χ3n) is 18.9. The van der Waals surface area contributed by atoms with Crippen LogP contribution in [-0.2, 0) is 62.2 Å². The van der Waals surface area contributed by atoms with Crippen LogP contribution in [0.1, 0.15) is 149 Å². The molecule has 13 amide bonds. The highest BCUT2D eigenvalue weighted by Crippen LogP contribution is 2.28. The van der Waals surface area contributed by atoms with E-state index in [1.54, 1.807) is 79.4 Å². The highest BCUT2D eigenvalue weighted by molar-refractivity contribution is 6.00. The first-order chi connectivity index (χ1) is 44.8. The average Bonchev–Trinajstić information content (AvgIpc) is 0.798. The van der Waals surface area contributed by atoms with E-state index in [1.165, 1.54) is 87.7 Å². The van der Waals surface area contributed by atoms with Crippen LogP contribution in [0.2, 0.25) is 0 Å². The van der Waals surface area contributed by atoms with Gasteiger partial charge in [0.1, 0.15) is 60.4 Å². The molecule has 0 aromatic rings. The zero-order valence-corrected chi connectivity index (χ0v) is 61.6. The van der Waals surface area contributed by atoms with Crippen molar-refractivity contribution in [1.29, 1.82) is 0 Å². The van der Waals surface area contributed by atoms with Gasteiger partial charge in [0.15, 0.2) is 0 Å². The van der Waals surface area contributed by atoms with Crippen molar-refractivity contribution in [3.05, 3.63) is 12.2 Å². The molecule has 5 N–H and O–H groups in total. The van der Waals surface area contributed by atoms with E-state index in [-0.39, 0.29) is 56.6 Å². The molecule has 96 heavy (non-hydrogen) atoms. The van der Waals surface area contributed by atoms with Crippen LogP contribution in [0, 0.1) is 29.6 Å². The Bertz CT molecular complexity index is 2710. The van der Waals surface area contributed by atoms with Crippen molar-refractivity contribution in [3.8, 4) is 0 Å². The van der Waals surface area contributed by atoms with E-state index in [4.69, 9.17) is 9.47 Å². The molecule has 546 valence electrons. The number of nitrogens with one attached hydrogen (secondary N) is 4. The predicted molar refractivity (Wildman–Crippen MR) is 363 cm³/mol. The summed E-state index contributed by atoms with van der Waals surface area (Å²) in [4.78, 5) is 189. The summed E-state index contributed by atoms with van der Waals surface area (Å²) in [5, 5.41) is 23.6. The molecule has 3 saturated heterocycles. The van der Waals surface area contributed by atoms with Crippen molar-refractivity contribution < 1.29 is 72.1 Å². The number of fused-ring (bicyclic) bond motifs is 3. The molecule has 3 rings (SSSR count). The minimum Gasteiger partial charge on any atom is -0.390 e. The van der Waals surface area contributed by atoms with Gasteiger partial charge >= 0.3 is 6.03 Å². The third kappa shape index (κ3) is 21.8. The minimum absolute atomic E-state index is 0.0281. The fourth-order valence-corrected chi connectivity index (χ4v) is 12.8. The summed E-state index contributed by atoms with van der Waals surface area (Å²) in [7, 11) is 9.71. The fourth-order valence-electron chi connectivity index (χ4n) is 12.8. The summed E-state index contributed by atoms with van der Waals surface area (Å²) in [6.45, 7) is 27.1. The SMILES string of the molecule is C/C=C/C[C@@H](C)[C@@H](O)[C@@H]1C(=O)N[C@@H](CC)C(=O)N(C)CC(=O)N(C)[C@@H]([C@@H](C)OCCCCNC(=O)N2CCOCC2)C(=O)N[C@@H](C(C)C)C(=O)N(C)[C@@H](CC(C)C)C(=O)N[C@@H](C)C(=O)N2C(C)C[C@@H](C(=O)N(C)[C@@H](C(C)C)C(=O)N1C)N(C)C(=O)[C@H](CC(C)C)N(C)C(=O)[C@H]2C. The number of hydrogen-bond acceptors (Lipinski definition) is 15. The van der Waals surface area contributed by atoms with E-state index in [0.717, 1.165) is 14.7 Å². The molecule has 3 aliphatic rings. The third-order valence-corrected chi connectivity index (χ3v) is 18.9. The number of nitrogens with zero attached hydrogens (tertiary/aromatic N) is 9. The first-order valence-corrected chi connectivity index (χ1v) is 34.4. The van der Waals surface area contributed by atoms with E-state index >= 15 is 28.8 Å². The Morgan fingerprint density at radius 3 is 1.74 bits per heavy atom. The molecule has 3 heterocycles. The minimum atomic E-state index is -1.68. The number of hydrogen-bond donors (Lipinski definition) is 5. The number of urea groups is 1. The number of morpholine rings is 1. The van der Waals surface area contributed by atoms with Gasteiger partial charge in [-0.25, -0.2) is 4.79 Å². The Hall–Kier alpha value is -6.94. The average molecular weight is 1360 g/mol. The van der Waals surface area contributed by atoms with Gasteiger partial charge in [-0.1, -0.05) is 81.4 Å². The van der Waals surface area contributed by atoms with E-state index in [2.05, 4.69) is 21.3 Å². The number of unbranched alkanes of at least 4 members (excludes halogenated alkanes) is 1. The summed E-state index contributed by atoms with van der Waals surface area (Å²) in [6, 6.07) is -14.8. The van der Waals surface area contributed by atoms with Gasteiger partial charge in [-0.2, -0.15) is 0 Å². The van der Waals surface area contributed by atoms with Crippen LogP contribution in [0.25, 0.3) is 0 Å². The normalized spacial score (nSPS) is 27.6. The summed E-state index contributed by atoms with van der Waals surface area (Å²) < 4.78 is 11.6. The molecule has 3 fully saturated rings. The van der Waals surface area contributed by atoms with Gasteiger partial charge in [-0.05, 0) is 109 Å². The lowest BCUT2D eigenvalue weighted by atomic mass is 9.91. The maximum atomic E-state index is 15.6. The van der Waals surface area contributed by atoms with Gasteiger partial charge < -0.3 is 79.9 Å². The van der Waals surface area contributed by atoms with Crippen LogP contribution in [0.15, 0.2) is 12.2 Å². The quantitative estimate of drug-likeness (QED) is 0.0967. The zero-order valence-electron chi connectivity index (χ0n) is 61.6. The Morgan fingerprint density at radius 1 is 0.625 bits per heavy atom. The van der Waals surface area contributed by atoms with E-state index in [9.17, 15) is 33.9 Å². The second-order valence-electron chi connectivity index (χ2n) is 28.2. The lowest BCUT2D eigenvalue weighted by Crippen LogP contribution is -2.65. The number of ether oxygens (including phenoxy) is 2. The highest BCUT2D eigenvalue weighted by Gasteiger charge is 2.48. The lowest BCUT2D eigenvalue weighted by molar-refractivity contribution is -0.161. The smallest absolute Gasteiger partial charge is 0.317 e. The molecule has 0 aromatic carbocycles. The number of likely N-dealkylation sites (N-methyl/N-ethyl adjacent to an activating group) is 7. The highest BCUT2D eigenvalue weighted by atomic mass is 16.5. The maximum Gasteiger partial charge on any atom is 0.317 e. The summed E-state index contributed by atoms with van der Waals surface area (Å²) in [5.41, 5.74) is 0. The zero-order chi connectivity index (χ0) is 73.1. The molecule has 0 aliphatic carbocycles. The van der Waals surface area contributed by atoms with Crippen molar-refractivity contribution in [2.45, 2.75) is 227 Å². The number of carbonyl (C=O) groups is 12. The standard InChI is InChI=1S/C68H119N13O15/c1-23-25-28-43(11)57(83)56-60(86)71-48(24-2)63(89)73(16)38-52(82)77(20)55(47(15)96-32-27-26-29-69-68(94)80-30-33-95-34-31-80)59(85)72-53(41(7)8)66(92)74(17)49(35-39(3)4)58(84)70-45(13)61(87)81-44(12)37-51(65(91)78(21)54(42(9)10)67(93)79(56)22)76(19)64(90)50(36-40(5)6)75(18)62(88)46(81)14/h23,25,39-51,53-57,83H,24,26-38H2,1-22H3,(H,69,94)(H,70,84)(H,71,86)(H,72,85)/b25-23+/t43-,44?,45+,46-,47-,48+,49+,50+,51+,53+,54+,55+,56-,57-/m1/s1. The van der Waals surface area contributed by atoms with Crippen LogP contribution in [-0.4, -0.2) is 294 Å². The number of carbonyl (C=O) groups excluding carboxylic acids is 12. The molecule has 0 radical (unpaired) electrons. The van der Waals surface area contributed by atoms with Gasteiger partial charge in [0, 0.05) is 81.6 Å². The van der Waals surface area contributed by atoms with Gasteiger partial charge in [-0.15, -0.1) is 0 Å². The Kier molecular flexibility index (Phi) is 33.2. The topological polar surface area (TPSA) is 321 Å². The second-order valence-corrected chi connectivity index (χ2v) is 28.2. The second kappa shape index (κ2) is 38.3. The largest absolute Gasteiger partial charge is 0.390 e. The van der Waals surface area contributed by atoms with Crippen LogP contribution in [0.4, 0.5) is 4.79 Å². The molecule has 28 heteroatoms. The molecular formula is C68H119N13O15.